The summed E-state index contributed by atoms with van der Waals surface area (Å²) in [6.45, 7) is 6.17. The van der Waals surface area contributed by atoms with Crippen LogP contribution in [0.15, 0.2) is 48.5 Å². The second-order valence-corrected chi connectivity index (χ2v) is 6.50. The van der Waals surface area contributed by atoms with E-state index < -0.39 is 6.09 Å². The van der Waals surface area contributed by atoms with Crippen LogP contribution < -0.4 is 5.32 Å². The minimum absolute atomic E-state index is 0.0357. The van der Waals surface area contributed by atoms with Gasteiger partial charge in [0.2, 0.25) is 0 Å². The number of ketones is 1. The van der Waals surface area contributed by atoms with Gasteiger partial charge >= 0.3 is 6.09 Å². The Morgan fingerprint density at radius 2 is 1.83 bits per heavy atom. The van der Waals surface area contributed by atoms with Crippen molar-refractivity contribution in [2.45, 2.75) is 32.1 Å². The molecule has 4 heteroatoms. The molecule has 1 aliphatic rings. The molecule has 1 amide bonds. The van der Waals surface area contributed by atoms with Crippen molar-refractivity contribution in [1.29, 1.82) is 0 Å². The van der Waals surface area contributed by atoms with Crippen molar-refractivity contribution in [3.63, 3.8) is 0 Å². The molecular weight excluding hydrogens is 302 g/mol. The molecule has 0 bridgehead atoms. The van der Waals surface area contributed by atoms with E-state index >= 15 is 0 Å². The molecule has 0 radical (unpaired) electrons. The molecule has 2 aromatic rings. The quantitative estimate of drug-likeness (QED) is 0.904. The van der Waals surface area contributed by atoms with Crippen molar-refractivity contribution in [1.82, 2.24) is 0 Å². The molecule has 0 saturated carbocycles. The second-order valence-electron chi connectivity index (χ2n) is 6.50. The van der Waals surface area contributed by atoms with Crippen molar-refractivity contribution < 1.29 is 14.3 Å². The number of nitrogens with one attached hydrogen (secondary N) is 1. The number of anilines is 1. The Labute approximate surface area is 141 Å². The van der Waals surface area contributed by atoms with E-state index in [9.17, 15) is 9.59 Å². The molecule has 0 spiro atoms. The van der Waals surface area contributed by atoms with Gasteiger partial charge in [-0.3, -0.25) is 10.1 Å². The monoisotopic (exact) mass is 323 g/mol. The van der Waals surface area contributed by atoms with Crippen LogP contribution in [-0.4, -0.2) is 18.5 Å². The molecule has 4 nitrogen and oxygen atoms in total. The molecule has 0 heterocycles. The maximum absolute atomic E-state index is 13.2. The number of ether oxygens (including phenoxy) is 1. The van der Waals surface area contributed by atoms with Crippen molar-refractivity contribution >= 4 is 17.6 Å². The fraction of sp³-hybridized carbons (Fsp3) is 0.300. The number of Topliss-reactive ketones (excluding diaryl/α,β-unsaturated/α-hetero) is 1. The molecule has 1 atom stereocenters. The average Bonchev–Trinajstić information content (AvgIpc) is 2.76. The second kappa shape index (κ2) is 6.11. The third-order valence-corrected chi connectivity index (χ3v) is 4.63. The minimum atomic E-state index is -0.542. The van der Waals surface area contributed by atoms with Gasteiger partial charge in [0.15, 0.2) is 5.78 Å². The summed E-state index contributed by atoms with van der Waals surface area (Å²) in [6, 6.07) is 15.4. The lowest BCUT2D eigenvalue weighted by Gasteiger charge is -2.27. The normalized spacial score (nSPS) is 18.1. The third kappa shape index (κ3) is 2.58. The van der Waals surface area contributed by atoms with Crippen molar-refractivity contribution in [2.75, 3.05) is 11.9 Å². The van der Waals surface area contributed by atoms with Crippen LogP contribution in [0.1, 0.15) is 48.2 Å². The van der Waals surface area contributed by atoms with Gasteiger partial charge in [-0.25, -0.2) is 4.79 Å². The van der Waals surface area contributed by atoms with Crippen LogP contribution in [-0.2, 0) is 10.2 Å². The van der Waals surface area contributed by atoms with Gasteiger partial charge in [-0.15, -0.1) is 0 Å². The summed E-state index contributed by atoms with van der Waals surface area (Å²) in [5.41, 5.74) is 2.70. The van der Waals surface area contributed by atoms with Crippen LogP contribution in [0.4, 0.5) is 10.5 Å². The first kappa shape index (κ1) is 16.2. The molecule has 24 heavy (non-hydrogen) atoms. The molecule has 1 N–H and O–H groups in total. The van der Waals surface area contributed by atoms with Crippen molar-refractivity contribution in [3.05, 3.63) is 65.2 Å². The van der Waals surface area contributed by atoms with E-state index in [1.165, 1.54) is 0 Å². The van der Waals surface area contributed by atoms with E-state index in [1.54, 1.807) is 13.0 Å². The van der Waals surface area contributed by atoms with Crippen LogP contribution in [0.5, 0.6) is 0 Å². The van der Waals surface area contributed by atoms with Crippen LogP contribution in [0.2, 0.25) is 0 Å². The third-order valence-electron chi connectivity index (χ3n) is 4.63. The fourth-order valence-electron chi connectivity index (χ4n) is 3.58. The molecular formula is C20H21NO3. The first-order valence-corrected chi connectivity index (χ1v) is 8.13. The number of fused-ring (bicyclic) bond motifs is 1. The van der Waals surface area contributed by atoms with Gasteiger partial charge in [0, 0.05) is 11.0 Å². The number of hydrogen-bond donors (Lipinski definition) is 1. The molecule has 1 aliphatic carbocycles. The lowest BCUT2D eigenvalue weighted by molar-refractivity contribution is 0.0951. The van der Waals surface area contributed by atoms with Crippen LogP contribution >= 0.6 is 0 Å². The molecule has 3 rings (SSSR count). The summed E-state index contributed by atoms with van der Waals surface area (Å²) >= 11 is 0. The highest BCUT2D eigenvalue weighted by molar-refractivity contribution is 6.12. The van der Waals surface area contributed by atoms with Gasteiger partial charge in [0.25, 0.3) is 0 Å². The Morgan fingerprint density at radius 3 is 2.50 bits per heavy atom. The Morgan fingerprint density at radius 1 is 1.12 bits per heavy atom. The number of carbonyl (C=O) groups excluding carboxylic acids is 2. The van der Waals surface area contributed by atoms with Crippen LogP contribution in [0.25, 0.3) is 0 Å². The SMILES string of the molecule is CCOC(=O)Nc1cccc2c1C(=O)C(c1ccccc1)C2(C)C. The summed E-state index contributed by atoms with van der Waals surface area (Å²) in [6.07, 6.45) is -0.542. The van der Waals surface area contributed by atoms with E-state index in [1.807, 2.05) is 42.5 Å². The van der Waals surface area contributed by atoms with Gasteiger partial charge in [0.1, 0.15) is 0 Å². The number of hydrogen-bond acceptors (Lipinski definition) is 3. The molecule has 0 aliphatic heterocycles. The Hall–Kier alpha value is -2.62. The van der Waals surface area contributed by atoms with E-state index in [4.69, 9.17) is 4.74 Å². The topological polar surface area (TPSA) is 55.4 Å². The van der Waals surface area contributed by atoms with Crippen LogP contribution in [0, 0.1) is 0 Å². The summed E-state index contributed by atoms with van der Waals surface area (Å²) in [7, 11) is 0. The standard InChI is InChI=1S/C20H21NO3/c1-4-24-19(23)21-15-12-8-11-14-16(15)18(22)17(20(14,2)3)13-9-6-5-7-10-13/h5-12,17H,4H2,1-3H3,(H,21,23). The number of benzene rings is 2. The van der Waals surface area contributed by atoms with Crippen LogP contribution in [0.3, 0.4) is 0 Å². The highest BCUT2D eigenvalue weighted by Crippen LogP contribution is 2.50. The van der Waals surface area contributed by atoms with Gasteiger partial charge in [0.05, 0.1) is 18.2 Å². The average molecular weight is 323 g/mol. The summed E-state index contributed by atoms with van der Waals surface area (Å²) in [4.78, 5) is 25.0. The van der Waals surface area contributed by atoms with Gasteiger partial charge < -0.3 is 4.74 Å². The van der Waals surface area contributed by atoms with Gasteiger partial charge in [-0.1, -0.05) is 56.3 Å². The lowest BCUT2D eigenvalue weighted by Crippen LogP contribution is -2.24. The number of rotatable bonds is 3. The maximum atomic E-state index is 13.2. The Balaban J connectivity index is 2.06. The van der Waals surface area contributed by atoms with E-state index in [0.717, 1.165) is 11.1 Å². The number of amides is 1. The van der Waals surface area contributed by atoms with Crippen molar-refractivity contribution in [2.24, 2.45) is 0 Å². The Bertz CT molecular complexity index is 781. The Kier molecular flexibility index (Phi) is 4.14. The molecule has 124 valence electrons. The highest BCUT2D eigenvalue weighted by atomic mass is 16.5. The summed E-state index contributed by atoms with van der Waals surface area (Å²) in [5, 5.41) is 2.70. The van der Waals surface area contributed by atoms with Gasteiger partial charge in [-0.2, -0.15) is 0 Å². The van der Waals surface area contributed by atoms with E-state index in [-0.39, 0.29) is 23.7 Å². The predicted octanol–water partition coefficient (Wildman–Crippen LogP) is 4.51. The van der Waals surface area contributed by atoms with Gasteiger partial charge in [-0.05, 0) is 24.1 Å². The zero-order valence-electron chi connectivity index (χ0n) is 14.1. The van der Waals surface area contributed by atoms with E-state index in [2.05, 4.69) is 19.2 Å². The molecule has 0 saturated heterocycles. The predicted molar refractivity (Wildman–Crippen MR) is 93.6 cm³/mol. The first-order chi connectivity index (χ1) is 11.5. The highest BCUT2D eigenvalue weighted by Gasteiger charge is 2.47. The lowest BCUT2D eigenvalue weighted by atomic mass is 9.75. The molecule has 2 aromatic carbocycles. The zero-order valence-corrected chi connectivity index (χ0v) is 14.1. The maximum Gasteiger partial charge on any atom is 0.411 e. The number of carbonyl (C=O) groups is 2. The van der Waals surface area contributed by atoms with E-state index in [0.29, 0.717) is 11.3 Å². The largest absolute Gasteiger partial charge is 0.450 e. The zero-order chi connectivity index (χ0) is 17.3. The molecule has 0 aromatic heterocycles. The summed E-state index contributed by atoms with van der Waals surface area (Å²) < 4.78 is 4.94. The summed E-state index contributed by atoms with van der Waals surface area (Å²) in [5.74, 6) is -0.229. The van der Waals surface area contributed by atoms with Crippen molar-refractivity contribution in [3.8, 4) is 0 Å². The first-order valence-electron chi connectivity index (χ1n) is 8.13. The molecule has 0 fully saturated rings. The smallest absolute Gasteiger partial charge is 0.411 e. The fourth-order valence-corrected chi connectivity index (χ4v) is 3.58. The molecule has 1 unspecified atom stereocenters. The minimum Gasteiger partial charge on any atom is -0.450 e.